The van der Waals surface area contributed by atoms with Crippen LogP contribution in [0, 0.1) is 0 Å². The van der Waals surface area contributed by atoms with Crippen LogP contribution in [0.25, 0.3) is 11.2 Å². The van der Waals surface area contributed by atoms with Crippen LogP contribution in [0.15, 0.2) is 25.2 Å². The molecule has 1 fully saturated rings. The van der Waals surface area contributed by atoms with Crippen molar-refractivity contribution in [2.45, 2.75) is 31.0 Å². The molecular formula is C15H19N7O4. The molecule has 0 bridgehead atoms. The van der Waals surface area contributed by atoms with E-state index in [9.17, 15) is 15.3 Å². The van der Waals surface area contributed by atoms with E-state index in [-0.39, 0.29) is 0 Å². The molecule has 138 valence electrons. The Morgan fingerprint density at radius 2 is 2.12 bits per heavy atom. The fraction of sp³-hybridized carbons (Fsp3) is 0.467. The van der Waals surface area contributed by atoms with Gasteiger partial charge in [0.25, 0.3) is 0 Å². The van der Waals surface area contributed by atoms with E-state index in [0.29, 0.717) is 23.5 Å². The Morgan fingerprint density at radius 3 is 2.85 bits per heavy atom. The van der Waals surface area contributed by atoms with Crippen molar-refractivity contribution in [3.05, 3.63) is 30.9 Å². The summed E-state index contributed by atoms with van der Waals surface area (Å²) in [6.45, 7) is 0.228. The van der Waals surface area contributed by atoms with E-state index in [2.05, 4.69) is 30.2 Å². The fourth-order valence-corrected chi connectivity index (χ4v) is 3.01. The first-order valence-corrected chi connectivity index (χ1v) is 8.20. The number of ether oxygens (including phenoxy) is 1. The molecule has 0 spiro atoms. The van der Waals surface area contributed by atoms with Gasteiger partial charge >= 0.3 is 0 Å². The smallest absolute Gasteiger partial charge is 0.167 e. The highest BCUT2D eigenvalue weighted by atomic mass is 16.6. The maximum absolute atomic E-state index is 10.2. The van der Waals surface area contributed by atoms with Crippen molar-refractivity contribution in [1.29, 1.82) is 0 Å². The lowest BCUT2D eigenvalue weighted by Gasteiger charge is -2.16. The van der Waals surface area contributed by atoms with Gasteiger partial charge in [-0.25, -0.2) is 19.9 Å². The van der Waals surface area contributed by atoms with Crippen molar-refractivity contribution in [2.75, 3.05) is 18.5 Å². The molecule has 3 aromatic heterocycles. The van der Waals surface area contributed by atoms with E-state index >= 15 is 0 Å². The summed E-state index contributed by atoms with van der Waals surface area (Å²) < 4.78 is 7.07. The minimum atomic E-state index is -1.20. The molecule has 0 aromatic carbocycles. The Hall–Kier alpha value is -2.60. The maximum Gasteiger partial charge on any atom is 0.167 e. The maximum atomic E-state index is 10.2. The SMILES string of the molecule is OC[C@H]1O[C@@H](n2cnc3c(NCCc4cnc[nH]4)ncnc32)[C@@H](O)C1O. The molecule has 11 heteroatoms. The summed E-state index contributed by atoms with van der Waals surface area (Å²) in [5, 5.41) is 32.6. The van der Waals surface area contributed by atoms with E-state index in [4.69, 9.17) is 4.74 Å². The second kappa shape index (κ2) is 6.96. The average molecular weight is 361 g/mol. The van der Waals surface area contributed by atoms with Crippen molar-refractivity contribution in [3.8, 4) is 0 Å². The summed E-state index contributed by atoms with van der Waals surface area (Å²) in [5.74, 6) is 0.556. The number of aromatic amines is 1. The zero-order valence-electron chi connectivity index (χ0n) is 13.7. The molecule has 4 atom stereocenters. The second-order valence-electron chi connectivity index (χ2n) is 6.03. The van der Waals surface area contributed by atoms with Crippen LogP contribution in [0.5, 0.6) is 0 Å². The zero-order chi connectivity index (χ0) is 18.1. The molecule has 3 aromatic rings. The highest BCUT2D eigenvalue weighted by molar-refractivity contribution is 5.82. The molecule has 1 aliphatic rings. The molecule has 0 radical (unpaired) electrons. The molecule has 4 heterocycles. The number of nitrogens with zero attached hydrogens (tertiary/aromatic N) is 5. The predicted octanol–water partition coefficient (Wildman–Crippen LogP) is -1.18. The molecule has 11 nitrogen and oxygen atoms in total. The molecule has 1 saturated heterocycles. The van der Waals surface area contributed by atoms with Gasteiger partial charge in [0.1, 0.15) is 24.6 Å². The van der Waals surface area contributed by atoms with Crippen LogP contribution >= 0.6 is 0 Å². The molecule has 1 aliphatic heterocycles. The summed E-state index contributed by atoms with van der Waals surface area (Å²) in [4.78, 5) is 19.7. The lowest BCUT2D eigenvalue weighted by Crippen LogP contribution is -2.33. The van der Waals surface area contributed by atoms with Crippen LogP contribution < -0.4 is 5.32 Å². The normalized spacial score (nSPS) is 25.8. The molecule has 0 amide bonds. The van der Waals surface area contributed by atoms with Crippen LogP contribution in [-0.2, 0) is 11.2 Å². The summed E-state index contributed by atoms with van der Waals surface area (Å²) in [6, 6.07) is 0. The number of H-pyrrole nitrogens is 1. The van der Waals surface area contributed by atoms with Crippen molar-refractivity contribution in [1.82, 2.24) is 29.5 Å². The summed E-state index contributed by atoms with van der Waals surface area (Å²) in [7, 11) is 0. The highest BCUT2D eigenvalue weighted by Gasteiger charge is 2.44. The van der Waals surface area contributed by atoms with E-state index in [1.165, 1.54) is 17.2 Å². The van der Waals surface area contributed by atoms with Gasteiger partial charge in [-0.1, -0.05) is 0 Å². The first kappa shape index (κ1) is 16.8. The Balaban J connectivity index is 1.55. The molecule has 5 N–H and O–H groups in total. The number of fused-ring (bicyclic) bond motifs is 1. The van der Waals surface area contributed by atoms with Crippen LogP contribution in [0.1, 0.15) is 11.9 Å². The largest absolute Gasteiger partial charge is 0.394 e. The van der Waals surface area contributed by atoms with Crippen LogP contribution in [0.4, 0.5) is 5.82 Å². The van der Waals surface area contributed by atoms with E-state index < -0.39 is 31.1 Å². The molecule has 1 unspecified atom stereocenters. The third kappa shape index (κ3) is 2.90. The first-order chi connectivity index (χ1) is 12.7. The highest BCUT2D eigenvalue weighted by Crippen LogP contribution is 2.31. The van der Waals surface area contributed by atoms with Gasteiger partial charge in [-0.3, -0.25) is 4.57 Å². The fourth-order valence-electron chi connectivity index (χ4n) is 3.01. The minimum Gasteiger partial charge on any atom is -0.394 e. The first-order valence-electron chi connectivity index (χ1n) is 8.20. The summed E-state index contributed by atoms with van der Waals surface area (Å²) in [6.07, 6.45) is 2.85. The van der Waals surface area contributed by atoms with Gasteiger partial charge in [0, 0.05) is 24.9 Å². The van der Waals surface area contributed by atoms with Crippen molar-refractivity contribution in [3.63, 3.8) is 0 Å². The number of hydrogen-bond donors (Lipinski definition) is 5. The van der Waals surface area contributed by atoms with E-state index in [1.807, 2.05) is 0 Å². The average Bonchev–Trinajstić information content (AvgIpc) is 3.37. The van der Waals surface area contributed by atoms with Crippen LogP contribution in [0.3, 0.4) is 0 Å². The molecule has 4 rings (SSSR count). The molecule has 0 aliphatic carbocycles. The van der Waals surface area contributed by atoms with Crippen LogP contribution in [0.2, 0.25) is 0 Å². The Labute approximate surface area is 147 Å². The zero-order valence-corrected chi connectivity index (χ0v) is 13.7. The van der Waals surface area contributed by atoms with E-state index in [0.717, 1.165) is 12.1 Å². The quantitative estimate of drug-likeness (QED) is 0.365. The Bertz CT molecular complexity index is 868. The van der Waals surface area contributed by atoms with Gasteiger partial charge in [0.2, 0.25) is 0 Å². The van der Waals surface area contributed by atoms with Crippen molar-refractivity contribution >= 4 is 17.0 Å². The predicted molar refractivity (Wildman–Crippen MR) is 89.1 cm³/mol. The van der Waals surface area contributed by atoms with Gasteiger partial charge < -0.3 is 30.4 Å². The number of aromatic nitrogens is 6. The summed E-state index contributed by atoms with van der Waals surface area (Å²) >= 11 is 0. The standard InChI is InChI=1S/C15H19N7O4/c23-4-9-11(24)12(25)15(26-9)22-7-21-10-13(19-6-20-14(10)22)17-2-1-8-3-16-5-18-8/h3,5-7,9,11-12,15,23-25H,1-2,4H2,(H,16,18)(H,17,19,20)/t9-,11?,12+,15-/m1/s1. The Kier molecular flexibility index (Phi) is 4.51. The Morgan fingerprint density at radius 1 is 1.23 bits per heavy atom. The van der Waals surface area contributed by atoms with E-state index in [1.54, 1.807) is 12.5 Å². The van der Waals surface area contributed by atoms with Crippen molar-refractivity contribution < 1.29 is 20.1 Å². The second-order valence-corrected chi connectivity index (χ2v) is 6.03. The third-order valence-electron chi connectivity index (χ3n) is 4.39. The number of rotatable bonds is 6. The van der Waals surface area contributed by atoms with Crippen LogP contribution in [-0.4, -0.2) is 76.3 Å². The number of nitrogens with one attached hydrogen (secondary N) is 2. The molecule has 0 saturated carbocycles. The monoisotopic (exact) mass is 361 g/mol. The third-order valence-corrected chi connectivity index (χ3v) is 4.39. The van der Waals surface area contributed by atoms with Gasteiger partial charge in [-0.15, -0.1) is 0 Å². The van der Waals surface area contributed by atoms with Gasteiger partial charge in [-0.2, -0.15) is 0 Å². The number of imidazole rings is 2. The van der Waals surface area contributed by atoms with Gasteiger partial charge in [-0.05, 0) is 0 Å². The van der Waals surface area contributed by atoms with Crippen molar-refractivity contribution in [2.24, 2.45) is 0 Å². The lowest BCUT2D eigenvalue weighted by molar-refractivity contribution is -0.0511. The molecular weight excluding hydrogens is 342 g/mol. The topological polar surface area (TPSA) is 154 Å². The van der Waals surface area contributed by atoms with Gasteiger partial charge in [0.05, 0.1) is 19.3 Å². The number of hydrogen-bond acceptors (Lipinski definition) is 9. The van der Waals surface area contributed by atoms with Gasteiger partial charge in [0.15, 0.2) is 23.2 Å². The summed E-state index contributed by atoms with van der Waals surface area (Å²) in [5.41, 5.74) is 1.98. The minimum absolute atomic E-state index is 0.392. The number of aliphatic hydroxyl groups excluding tert-OH is 3. The lowest BCUT2D eigenvalue weighted by atomic mass is 10.1. The molecule has 26 heavy (non-hydrogen) atoms. The number of aliphatic hydroxyl groups is 3. The number of anilines is 1.